The van der Waals surface area contributed by atoms with E-state index >= 15 is 0 Å². The average Bonchev–Trinajstić information content (AvgIpc) is 2.42. The number of halogens is 2. The molecule has 0 aliphatic carbocycles. The number of hydrogen-bond donors (Lipinski definition) is 3. The number of anilines is 1. The number of hydrogen-bond acceptors (Lipinski definition) is 3. The second-order valence-electron chi connectivity index (χ2n) is 5.04. The van der Waals surface area contributed by atoms with Crippen LogP contribution in [0.15, 0.2) is 18.2 Å². The predicted molar refractivity (Wildman–Crippen MR) is 80.4 cm³/mol. The van der Waals surface area contributed by atoms with Crippen molar-refractivity contribution in [2.24, 2.45) is 5.41 Å². The van der Waals surface area contributed by atoms with E-state index in [2.05, 4.69) is 5.32 Å². The molecule has 0 saturated carbocycles. The Kier molecular flexibility index (Phi) is 6.07. The quantitative estimate of drug-likeness (QED) is 0.780. The van der Waals surface area contributed by atoms with E-state index in [9.17, 15) is 15.0 Å². The molecule has 7 heteroatoms. The van der Waals surface area contributed by atoms with Crippen LogP contribution in [-0.4, -0.2) is 48.0 Å². The Labute approximate surface area is 128 Å². The molecule has 0 saturated heterocycles. The van der Waals surface area contributed by atoms with Crippen LogP contribution in [0.4, 0.5) is 10.5 Å². The van der Waals surface area contributed by atoms with Crippen molar-refractivity contribution in [2.75, 3.05) is 32.1 Å². The third-order valence-corrected chi connectivity index (χ3v) is 3.46. The van der Waals surface area contributed by atoms with Crippen LogP contribution < -0.4 is 5.32 Å². The summed E-state index contributed by atoms with van der Waals surface area (Å²) in [6, 6.07) is 4.36. The molecule has 0 aliphatic heterocycles. The maximum atomic E-state index is 12.0. The summed E-state index contributed by atoms with van der Waals surface area (Å²) in [4.78, 5) is 13.4. The molecule has 0 atom stereocenters. The van der Waals surface area contributed by atoms with Gasteiger partial charge in [-0.05, 0) is 18.2 Å². The van der Waals surface area contributed by atoms with E-state index < -0.39 is 11.4 Å². The standard InChI is InChI=1S/C13H18Cl2N2O3/c1-13(7-18,8-19)6-17(2)12(20)16-11-5-9(14)3-4-10(11)15/h3-5,18-19H,6-8H2,1-2H3,(H,16,20). The molecule has 0 bridgehead atoms. The first-order chi connectivity index (χ1) is 9.31. The van der Waals surface area contributed by atoms with Crippen molar-refractivity contribution < 1.29 is 15.0 Å². The molecule has 0 fully saturated rings. The van der Waals surface area contributed by atoms with Crippen LogP contribution in [0.5, 0.6) is 0 Å². The van der Waals surface area contributed by atoms with Gasteiger partial charge in [0.2, 0.25) is 0 Å². The number of carbonyl (C=O) groups is 1. The van der Waals surface area contributed by atoms with Crippen LogP contribution in [0.3, 0.4) is 0 Å². The van der Waals surface area contributed by atoms with E-state index in [0.29, 0.717) is 15.7 Å². The number of aliphatic hydroxyl groups is 2. The van der Waals surface area contributed by atoms with Gasteiger partial charge in [-0.15, -0.1) is 0 Å². The minimum absolute atomic E-state index is 0.198. The fourth-order valence-corrected chi connectivity index (χ4v) is 1.94. The Morgan fingerprint density at radius 2 is 1.95 bits per heavy atom. The summed E-state index contributed by atoms with van der Waals surface area (Å²) in [7, 11) is 1.57. The van der Waals surface area contributed by atoms with Gasteiger partial charge in [-0.3, -0.25) is 0 Å². The second kappa shape index (κ2) is 7.13. The number of carbonyl (C=O) groups excluding carboxylic acids is 1. The Balaban J connectivity index is 2.73. The Bertz CT molecular complexity index is 479. The molecule has 0 spiro atoms. The zero-order valence-electron chi connectivity index (χ0n) is 11.4. The summed E-state index contributed by atoms with van der Waals surface area (Å²) < 4.78 is 0. The molecule has 1 aromatic carbocycles. The molecule has 0 heterocycles. The van der Waals surface area contributed by atoms with Gasteiger partial charge in [-0.2, -0.15) is 0 Å². The van der Waals surface area contributed by atoms with Crippen LogP contribution in [0, 0.1) is 5.41 Å². The Morgan fingerprint density at radius 3 is 2.50 bits per heavy atom. The monoisotopic (exact) mass is 320 g/mol. The molecular weight excluding hydrogens is 303 g/mol. The fourth-order valence-electron chi connectivity index (χ4n) is 1.60. The van der Waals surface area contributed by atoms with Gasteiger partial charge in [0.25, 0.3) is 0 Å². The minimum atomic E-state index is -0.760. The number of rotatable bonds is 5. The van der Waals surface area contributed by atoms with E-state index in [1.54, 1.807) is 32.2 Å². The normalized spacial score (nSPS) is 11.3. The van der Waals surface area contributed by atoms with Crippen molar-refractivity contribution in [2.45, 2.75) is 6.92 Å². The van der Waals surface area contributed by atoms with Gasteiger partial charge in [0.1, 0.15) is 0 Å². The van der Waals surface area contributed by atoms with Crippen molar-refractivity contribution in [1.29, 1.82) is 0 Å². The third-order valence-electron chi connectivity index (χ3n) is 2.90. The van der Waals surface area contributed by atoms with E-state index in [4.69, 9.17) is 23.2 Å². The molecule has 1 aromatic rings. The average molecular weight is 321 g/mol. The number of amides is 2. The lowest BCUT2D eigenvalue weighted by molar-refractivity contribution is 0.0509. The van der Waals surface area contributed by atoms with Crippen LogP contribution in [0.1, 0.15) is 6.92 Å². The zero-order valence-corrected chi connectivity index (χ0v) is 12.9. The molecule has 0 radical (unpaired) electrons. The molecule has 0 aliphatic rings. The van der Waals surface area contributed by atoms with Gasteiger partial charge in [-0.1, -0.05) is 30.1 Å². The highest BCUT2D eigenvalue weighted by atomic mass is 35.5. The highest BCUT2D eigenvalue weighted by Gasteiger charge is 2.26. The van der Waals surface area contributed by atoms with Crippen molar-refractivity contribution in [3.63, 3.8) is 0 Å². The first-order valence-corrected chi connectivity index (χ1v) is 6.76. The third kappa shape index (κ3) is 4.52. The molecule has 1 rings (SSSR count). The number of benzene rings is 1. The Morgan fingerprint density at radius 1 is 1.35 bits per heavy atom. The van der Waals surface area contributed by atoms with E-state index in [0.717, 1.165) is 0 Å². The molecule has 5 nitrogen and oxygen atoms in total. The van der Waals surface area contributed by atoms with Crippen molar-refractivity contribution in [3.05, 3.63) is 28.2 Å². The fraction of sp³-hybridized carbons (Fsp3) is 0.462. The van der Waals surface area contributed by atoms with E-state index in [1.165, 1.54) is 4.90 Å². The number of urea groups is 1. The maximum Gasteiger partial charge on any atom is 0.321 e. The first-order valence-electron chi connectivity index (χ1n) is 6.00. The lowest BCUT2D eigenvalue weighted by Gasteiger charge is -2.30. The zero-order chi connectivity index (χ0) is 15.3. The van der Waals surface area contributed by atoms with Gasteiger partial charge in [0.15, 0.2) is 0 Å². The Hall–Kier alpha value is -1.01. The van der Waals surface area contributed by atoms with E-state index in [-0.39, 0.29) is 19.8 Å². The maximum absolute atomic E-state index is 12.0. The van der Waals surface area contributed by atoms with Gasteiger partial charge >= 0.3 is 6.03 Å². The largest absolute Gasteiger partial charge is 0.396 e. The number of nitrogens with one attached hydrogen (secondary N) is 1. The topological polar surface area (TPSA) is 72.8 Å². The molecule has 0 unspecified atom stereocenters. The number of nitrogens with zero attached hydrogens (tertiary/aromatic N) is 1. The molecule has 20 heavy (non-hydrogen) atoms. The van der Waals surface area contributed by atoms with Crippen molar-refractivity contribution in [3.8, 4) is 0 Å². The summed E-state index contributed by atoms with van der Waals surface area (Å²) in [6.07, 6.45) is 0. The summed E-state index contributed by atoms with van der Waals surface area (Å²) >= 11 is 11.8. The lowest BCUT2D eigenvalue weighted by Crippen LogP contribution is -2.43. The van der Waals surface area contributed by atoms with Crippen LogP contribution in [0.25, 0.3) is 0 Å². The molecule has 3 N–H and O–H groups in total. The highest BCUT2D eigenvalue weighted by molar-refractivity contribution is 6.35. The van der Waals surface area contributed by atoms with Gasteiger partial charge in [0.05, 0.1) is 23.9 Å². The molecule has 2 amide bonds. The van der Waals surface area contributed by atoms with Crippen molar-refractivity contribution in [1.82, 2.24) is 4.90 Å². The summed E-state index contributed by atoms with van der Waals surface area (Å²) in [5.74, 6) is 0. The lowest BCUT2D eigenvalue weighted by atomic mass is 9.92. The SMILES string of the molecule is CN(CC(C)(CO)CO)C(=O)Nc1cc(Cl)ccc1Cl. The summed E-state index contributed by atoms with van der Waals surface area (Å²) in [6.45, 7) is 1.44. The molecule has 112 valence electrons. The van der Waals surface area contributed by atoms with Crippen LogP contribution in [-0.2, 0) is 0 Å². The van der Waals surface area contributed by atoms with Gasteiger partial charge < -0.3 is 20.4 Å². The highest BCUT2D eigenvalue weighted by Crippen LogP contribution is 2.26. The van der Waals surface area contributed by atoms with E-state index in [1.807, 2.05) is 0 Å². The number of aliphatic hydroxyl groups excluding tert-OH is 2. The smallest absolute Gasteiger partial charge is 0.321 e. The second-order valence-corrected chi connectivity index (χ2v) is 5.88. The molecule has 0 aromatic heterocycles. The van der Waals surface area contributed by atoms with Crippen LogP contribution in [0.2, 0.25) is 10.0 Å². The summed E-state index contributed by atoms with van der Waals surface area (Å²) in [5, 5.41) is 21.9. The van der Waals surface area contributed by atoms with Crippen LogP contribution >= 0.6 is 23.2 Å². The predicted octanol–water partition coefficient (Wildman–Crippen LogP) is 2.45. The van der Waals surface area contributed by atoms with Gasteiger partial charge in [0, 0.05) is 24.0 Å². The molecular formula is C13H18Cl2N2O3. The summed E-state index contributed by atoms with van der Waals surface area (Å²) in [5.41, 5.74) is -0.352. The first kappa shape index (κ1) is 17.0. The van der Waals surface area contributed by atoms with Gasteiger partial charge in [-0.25, -0.2) is 4.79 Å². The van der Waals surface area contributed by atoms with Crippen molar-refractivity contribution >= 4 is 34.9 Å². The minimum Gasteiger partial charge on any atom is -0.396 e.